The zero-order chi connectivity index (χ0) is 20.9. The molecule has 2 fully saturated rings. The number of hydrogen-bond acceptors (Lipinski definition) is 3. The number of carbonyl (C=O) groups is 2. The Labute approximate surface area is 178 Å². The first-order chi connectivity index (χ1) is 14.6. The van der Waals surface area contributed by atoms with Crippen molar-refractivity contribution in [1.29, 1.82) is 0 Å². The predicted octanol–water partition coefficient (Wildman–Crippen LogP) is 4.85. The molecule has 5 nitrogen and oxygen atoms in total. The Morgan fingerprint density at radius 2 is 1.60 bits per heavy atom. The molecule has 0 unspecified atom stereocenters. The number of carbonyl (C=O) groups excluding carboxylic acids is 2. The van der Waals surface area contributed by atoms with Crippen LogP contribution in [0.2, 0.25) is 0 Å². The molecule has 2 saturated carbocycles. The van der Waals surface area contributed by atoms with Crippen molar-refractivity contribution in [2.75, 3.05) is 5.32 Å². The van der Waals surface area contributed by atoms with Gasteiger partial charge in [-0.05, 0) is 55.4 Å². The number of amides is 2. The number of nitrogens with one attached hydrogen (secondary N) is 2. The number of nitrogens with zero attached hydrogens (tertiary/aromatic N) is 1. The lowest BCUT2D eigenvalue weighted by molar-refractivity contribution is -0.122. The Balaban J connectivity index is 1.29. The standard InChI is InChI=1S/C25H29N3O2/c1-17(27-28-25(30)23-16-22(23)19-8-4-2-5-9-19)18-12-14-21(15-13-18)26-24(29)20-10-6-3-7-11-20/h2,4-5,8-9,12-15,20,22-23H,3,6-7,10-11,16H2,1H3,(H,26,29)(H,28,30)/b27-17-/t22-,23+/m0/s1. The van der Waals surface area contributed by atoms with E-state index in [-0.39, 0.29) is 23.7 Å². The van der Waals surface area contributed by atoms with Crippen LogP contribution in [-0.4, -0.2) is 17.5 Å². The van der Waals surface area contributed by atoms with Gasteiger partial charge in [0.2, 0.25) is 11.8 Å². The smallest absolute Gasteiger partial charge is 0.243 e. The maximum absolute atomic E-state index is 12.4. The van der Waals surface area contributed by atoms with Gasteiger partial charge in [-0.25, -0.2) is 5.43 Å². The lowest BCUT2D eigenvalue weighted by atomic mass is 9.88. The van der Waals surface area contributed by atoms with Gasteiger partial charge in [-0.3, -0.25) is 9.59 Å². The Morgan fingerprint density at radius 3 is 2.30 bits per heavy atom. The van der Waals surface area contributed by atoms with E-state index < -0.39 is 0 Å². The summed E-state index contributed by atoms with van der Waals surface area (Å²) >= 11 is 0. The quantitative estimate of drug-likeness (QED) is 0.535. The summed E-state index contributed by atoms with van der Waals surface area (Å²) in [6.07, 6.45) is 6.38. The van der Waals surface area contributed by atoms with Crippen LogP contribution in [-0.2, 0) is 9.59 Å². The van der Waals surface area contributed by atoms with Crippen molar-refractivity contribution in [2.24, 2.45) is 16.9 Å². The van der Waals surface area contributed by atoms with Crippen LogP contribution < -0.4 is 10.7 Å². The fourth-order valence-corrected chi connectivity index (χ4v) is 4.24. The number of hydrazone groups is 1. The van der Waals surface area contributed by atoms with Crippen LogP contribution >= 0.6 is 0 Å². The predicted molar refractivity (Wildman–Crippen MR) is 119 cm³/mol. The fourth-order valence-electron chi connectivity index (χ4n) is 4.24. The molecule has 156 valence electrons. The van der Waals surface area contributed by atoms with Gasteiger partial charge in [0, 0.05) is 17.5 Å². The number of benzene rings is 2. The molecule has 2 aromatic carbocycles. The van der Waals surface area contributed by atoms with Crippen LogP contribution in [0.4, 0.5) is 5.69 Å². The molecule has 0 heterocycles. The molecule has 2 N–H and O–H groups in total. The van der Waals surface area contributed by atoms with Gasteiger partial charge in [0.05, 0.1) is 5.71 Å². The Kier molecular flexibility index (Phi) is 6.26. The summed E-state index contributed by atoms with van der Waals surface area (Å²) in [6.45, 7) is 1.87. The van der Waals surface area contributed by atoms with E-state index >= 15 is 0 Å². The van der Waals surface area contributed by atoms with E-state index in [1.165, 1.54) is 12.0 Å². The summed E-state index contributed by atoms with van der Waals surface area (Å²) in [7, 11) is 0. The molecule has 2 atom stereocenters. The molecule has 4 rings (SSSR count). The van der Waals surface area contributed by atoms with Gasteiger partial charge < -0.3 is 5.32 Å². The molecule has 0 saturated heterocycles. The number of anilines is 1. The van der Waals surface area contributed by atoms with Gasteiger partial charge in [0.25, 0.3) is 0 Å². The Morgan fingerprint density at radius 1 is 0.900 bits per heavy atom. The largest absolute Gasteiger partial charge is 0.326 e. The molecule has 0 aliphatic heterocycles. The molecule has 2 aliphatic carbocycles. The molecule has 2 aliphatic rings. The Bertz CT molecular complexity index is 915. The molecule has 2 aromatic rings. The van der Waals surface area contributed by atoms with Crippen molar-refractivity contribution in [1.82, 2.24) is 5.43 Å². The van der Waals surface area contributed by atoms with Gasteiger partial charge in [0.1, 0.15) is 0 Å². The van der Waals surface area contributed by atoms with E-state index in [4.69, 9.17) is 0 Å². The topological polar surface area (TPSA) is 70.6 Å². The first-order valence-corrected chi connectivity index (χ1v) is 10.9. The first-order valence-electron chi connectivity index (χ1n) is 10.9. The second-order valence-electron chi connectivity index (χ2n) is 8.43. The third-order valence-corrected chi connectivity index (χ3v) is 6.23. The Hall–Kier alpha value is -2.95. The van der Waals surface area contributed by atoms with Crippen molar-refractivity contribution < 1.29 is 9.59 Å². The highest BCUT2D eigenvalue weighted by Crippen LogP contribution is 2.47. The van der Waals surface area contributed by atoms with Gasteiger partial charge >= 0.3 is 0 Å². The molecular formula is C25H29N3O2. The summed E-state index contributed by atoms with van der Waals surface area (Å²) in [5.41, 5.74) is 6.38. The highest BCUT2D eigenvalue weighted by Gasteiger charge is 2.43. The summed E-state index contributed by atoms with van der Waals surface area (Å²) in [6, 6.07) is 17.8. The molecule has 2 amide bonds. The van der Waals surface area contributed by atoms with Gasteiger partial charge in [0.15, 0.2) is 0 Å². The van der Waals surface area contributed by atoms with Crippen LogP contribution in [0.1, 0.15) is 62.5 Å². The molecule has 0 aromatic heterocycles. The normalized spacial score (nSPS) is 21.7. The van der Waals surface area contributed by atoms with Crippen LogP contribution in [0.3, 0.4) is 0 Å². The van der Waals surface area contributed by atoms with Crippen LogP contribution in [0.15, 0.2) is 59.7 Å². The van der Waals surface area contributed by atoms with Crippen LogP contribution in [0.25, 0.3) is 0 Å². The summed E-state index contributed by atoms with van der Waals surface area (Å²) in [5, 5.41) is 7.30. The average molecular weight is 404 g/mol. The van der Waals surface area contributed by atoms with E-state index in [1.807, 2.05) is 49.4 Å². The third-order valence-electron chi connectivity index (χ3n) is 6.23. The zero-order valence-corrected chi connectivity index (χ0v) is 17.4. The number of hydrogen-bond donors (Lipinski definition) is 2. The fraction of sp³-hybridized carbons (Fsp3) is 0.400. The summed E-state index contributed by atoms with van der Waals surface area (Å²) in [4.78, 5) is 24.8. The van der Waals surface area contributed by atoms with E-state index in [2.05, 4.69) is 28.0 Å². The first kappa shape index (κ1) is 20.3. The second kappa shape index (κ2) is 9.24. The van der Waals surface area contributed by atoms with E-state index in [9.17, 15) is 9.59 Å². The monoisotopic (exact) mass is 403 g/mol. The van der Waals surface area contributed by atoms with E-state index in [0.29, 0.717) is 5.92 Å². The van der Waals surface area contributed by atoms with Gasteiger partial charge in [-0.15, -0.1) is 0 Å². The summed E-state index contributed by atoms with van der Waals surface area (Å²) < 4.78 is 0. The molecular weight excluding hydrogens is 374 g/mol. The van der Waals surface area contributed by atoms with Crippen molar-refractivity contribution in [3.8, 4) is 0 Å². The van der Waals surface area contributed by atoms with Gasteiger partial charge in [-0.1, -0.05) is 61.7 Å². The molecule has 30 heavy (non-hydrogen) atoms. The number of rotatable bonds is 6. The minimum absolute atomic E-state index is 0.00123. The van der Waals surface area contributed by atoms with Crippen molar-refractivity contribution in [3.05, 3.63) is 65.7 Å². The van der Waals surface area contributed by atoms with Crippen molar-refractivity contribution in [3.63, 3.8) is 0 Å². The van der Waals surface area contributed by atoms with Crippen molar-refractivity contribution in [2.45, 2.75) is 51.4 Å². The van der Waals surface area contributed by atoms with E-state index in [1.54, 1.807) is 0 Å². The van der Waals surface area contributed by atoms with Gasteiger partial charge in [-0.2, -0.15) is 5.10 Å². The lowest BCUT2D eigenvalue weighted by Crippen LogP contribution is -2.24. The average Bonchev–Trinajstić information content (AvgIpc) is 3.60. The maximum atomic E-state index is 12.4. The molecule has 0 spiro atoms. The van der Waals surface area contributed by atoms with E-state index in [0.717, 1.165) is 49.1 Å². The second-order valence-corrected chi connectivity index (χ2v) is 8.43. The lowest BCUT2D eigenvalue weighted by Gasteiger charge is -2.20. The highest BCUT2D eigenvalue weighted by molar-refractivity contribution is 6.00. The minimum Gasteiger partial charge on any atom is -0.326 e. The molecule has 0 bridgehead atoms. The molecule has 0 radical (unpaired) electrons. The SMILES string of the molecule is C/C(=N/NC(=O)[C@@H]1C[C@H]1c1ccccc1)c1ccc(NC(=O)C2CCCCC2)cc1. The highest BCUT2D eigenvalue weighted by atomic mass is 16.2. The molecule has 5 heteroatoms. The third kappa shape index (κ3) is 4.96. The van der Waals surface area contributed by atoms with Crippen LogP contribution in [0.5, 0.6) is 0 Å². The van der Waals surface area contributed by atoms with Crippen LogP contribution in [0, 0.1) is 11.8 Å². The van der Waals surface area contributed by atoms with Crippen molar-refractivity contribution >= 4 is 23.2 Å². The maximum Gasteiger partial charge on any atom is 0.243 e. The minimum atomic E-state index is -0.0282. The zero-order valence-electron chi connectivity index (χ0n) is 17.4. The summed E-state index contributed by atoms with van der Waals surface area (Å²) in [5.74, 6) is 0.534.